The Hall–Kier alpha value is -5.10. The molecule has 4 aliphatic rings. The molecule has 0 bridgehead atoms. The summed E-state index contributed by atoms with van der Waals surface area (Å²) in [4.78, 5) is 60.0. The molecule has 3 N–H and O–H groups in total. The van der Waals surface area contributed by atoms with E-state index < -0.39 is 66.9 Å². The minimum Gasteiger partial charge on any atom is -0.487 e. The Kier molecular flexibility index (Phi) is 7.78. The van der Waals surface area contributed by atoms with Gasteiger partial charge < -0.3 is 38.6 Å². The highest BCUT2D eigenvalue weighted by atomic mass is 31.2. The van der Waals surface area contributed by atoms with Gasteiger partial charge in [-0.1, -0.05) is 5.21 Å². The number of phosphoric acid groups is 1. The summed E-state index contributed by atoms with van der Waals surface area (Å²) in [6.07, 6.45) is 4.34. The molecule has 3 fully saturated rings. The van der Waals surface area contributed by atoms with Crippen LogP contribution in [0.5, 0.6) is 11.5 Å². The van der Waals surface area contributed by atoms with Crippen LogP contribution in [0.25, 0.3) is 10.9 Å². The van der Waals surface area contributed by atoms with E-state index in [1.807, 2.05) is 0 Å². The number of aromatic nitrogens is 4. The number of carboxylic acid groups (broad SMARTS) is 1. The van der Waals surface area contributed by atoms with Gasteiger partial charge in [0, 0.05) is 30.9 Å². The SMILES string of the molecule is O=C(O)c1cn(C2CC2)c2c3c(c(F)cc2c1=O)N1C[C@@](COc2ccc(N4C[C@H](Cn5ccnn5)OC4=O)cc2F)(OP(=O)(O)O)C[C@@H]1CO3. The number of carbonyl (C=O) groups is 2. The fraction of sp³-hybridized carbons (Fsp3) is 0.387. The zero-order valence-electron chi connectivity index (χ0n) is 26.4. The molecule has 3 aliphatic heterocycles. The maximum absolute atomic E-state index is 16.0. The van der Waals surface area contributed by atoms with E-state index in [0.29, 0.717) is 12.8 Å². The van der Waals surface area contributed by atoms with E-state index in [0.717, 1.165) is 12.1 Å². The zero-order valence-corrected chi connectivity index (χ0v) is 27.3. The number of rotatable bonds is 10. The Labute approximate surface area is 285 Å². The molecule has 0 spiro atoms. The van der Waals surface area contributed by atoms with Crippen LogP contribution < -0.4 is 24.7 Å². The lowest BCUT2D eigenvalue weighted by atomic mass is 10.0. The number of aromatic carboxylic acids is 1. The highest BCUT2D eigenvalue weighted by Gasteiger charge is 2.53. The van der Waals surface area contributed by atoms with Crippen molar-refractivity contribution in [2.24, 2.45) is 0 Å². The number of hydrogen-bond acceptors (Lipinski definition) is 11. The average molecular weight is 731 g/mol. The quantitative estimate of drug-likeness (QED) is 0.201. The third kappa shape index (κ3) is 6.05. The predicted octanol–water partition coefficient (Wildman–Crippen LogP) is 2.83. The molecule has 2 aromatic carbocycles. The Balaban J connectivity index is 1.07. The smallest absolute Gasteiger partial charge is 0.470 e. The van der Waals surface area contributed by atoms with Gasteiger partial charge in [0.05, 0.1) is 48.5 Å². The molecule has 0 unspecified atom stereocenters. The van der Waals surface area contributed by atoms with Gasteiger partial charge in [-0.2, -0.15) is 0 Å². The summed E-state index contributed by atoms with van der Waals surface area (Å²) in [5.41, 5.74) is -2.89. The van der Waals surface area contributed by atoms with Crippen LogP contribution in [0.3, 0.4) is 0 Å². The van der Waals surface area contributed by atoms with Gasteiger partial charge in [-0.05, 0) is 31.0 Å². The van der Waals surface area contributed by atoms with Crippen molar-refractivity contribution in [3.63, 3.8) is 0 Å². The number of pyridine rings is 1. The van der Waals surface area contributed by atoms with E-state index in [-0.39, 0.29) is 72.5 Å². The number of cyclic esters (lactones) is 1. The summed E-state index contributed by atoms with van der Waals surface area (Å²) in [6, 6.07) is 3.86. The van der Waals surface area contributed by atoms with Crippen molar-refractivity contribution in [1.29, 1.82) is 0 Å². The minimum atomic E-state index is -5.20. The first-order valence-corrected chi connectivity index (χ1v) is 17.4. The molecule has 8 rings (SSSR count). The van der Waals surface area contributed by atoms with Crippen molar-refractivity contribution in [3.05, 3.63) is 70.3 Å². The molecule has 17 nitrogen and oxygen atoms in total. The molecule has 1 saturated carbocycles. The van der Waals surface area contributed by atoms with Crippen LogP contribution >= 0.6 is 7.82 Å². The van der Waals surface area contributed by atoms with Gasteiger partial charge >= 0.3 is 19.9 Å². The highest BCUT2D eigenvalue weighted by molar-refractivity contribution is 7.46. The van der Waals surface area contributed by atoms with Gasteiger partial charge in [-0.25, -0.2) is 27.6 Å². The van der Waals surface area contributed by atoms with Crippen molar-refractivity contribution in [3.8, 4) is 11.5 Å². The minimum absolute atomic E-state index is 0.0133. The fourth-order valence-electron chi connectivity index (χ4n) is 7.07. The van der Waals surface area contributed by atoms with E-state index in [2.05, 4.69) is 10.3 Å². The summed E-state index contributed by atoms with van der Waals surface area (Å²) in [7, 11) is -5.20. The van der Waals surface area contributed by atoms with Crippen molar-refractivity contribution < 1.29 is 56.6 Å². The van der Waals surface area contributed by atoms with Crippen molar-refractivity contribution in [1.82, 2.24) is 19.6 Å². The maximum Gasteiger partial charge on any atom is 0.470 e. The van der Waals surface area contributed by atoms with Crippen LogP contribution in [-0.2, 0) is 20.4 Å². The Morgan fingerprint density at radius 3 is 2.63 bits per heavy atom. The Morgan fingerprint density at radius 1 is 1.14 bits per heavy atom. The number of fused-ring (bicyclic) bond motifs is 5. The van der Waals surface area contributed by atoms with E-state index in [1.54, 1.807) is 10.8 Å². The molecule has 4 aromatic rings. The molecule has 51 heavy (non-hydrogen) atoms. The highest BCUT2D eigenvalue weighted by Crippen LogP contribution is 2.52. The number of halogens is 2. The largest absolute Gasteiger partial charge is 0.487 e. The van der Waals surface area contributed by atoms with Crippen molar-refractivity contribution >= 4 is 42.2 Å². The molecule has 2 saturated heterocycles. The van der Waals surface area contributed by atoms with Crippen molar-refractivity contribution in [2.45, 2.75) is 49.6 Å². The second-order valence-electron chi connectivity index (χ2n) is 13.0. The Bertz CT molecular complexity index is 2190. The Morgan fingerprint density at radius 2 is 1.94 bits per heavy atom. The van der Waals surface area contributed by atoms with Crippen LogP contribution in [0.1, 0.15) is 35.7 Å². The van der Waals surface area contributed by atoms with Gasteiger partial charge in [-0.3, -0.25) is 14.2 Å². The topological polar surface area (TPSA) is 208 Å². The predicted molar refractivity (Wildman–Crippen MR) is 170 cm³/mol. The number of benzene rings is 2. The molecule has 268 valence electrons. The average Bonchev–Trinajstić information content (AvgIpc) is 3.47. The molecule has 3 atom stereocenters. The second kappa shape index (κ2) is 12.0. The standard InChI is InChI=1S/C31H29F2N6O11P/c32-22-7-17(38-11-19(49-30(38)43)10-36-6-5-34-35-36)3-4-24(22)48-15-31(50-51(44,45)46)9-18-13-47-28-25-20(8-23(33)26(28)39(18)14-31)27(40)21(29(41)42)12-37(25)16-1-2-16/h3-8,12,16,18-19H,1-2,9-11,13-15H2,(H,41,42)(H2,44,45,46)/t18-,19+,31+/m1/s1. The zero-order chi connectivity index (χ0) is 35.8. The van der Waals surface area contributed by atoms with Crippen molar-refractivity contribution in [2.75, 3.05) is 36.1 Å². The lowest BCUT2D eigenvalue weighted by Gasteiger charge is -2.35. The third-order valence-corrected chi connectivity index (χ3v) is 9.98. The summed E-state index contributed by atoms with van der Waals surface area (Å²) < 4.78 is 69.2. The lowest BCUT2D eigenvalue weighted by molar-refractivity contribution is 0.00780. The molecule has 5 heterocycles. The summed E-state index contributed by atoms with van der Waals surface area (Å²) in [5, 5.41) is 17.0. The van der Waals surface area contributed by atoms with Crippen LogP contribution in [-0.4, -0.2) is 90.6 Å². The number of hydrogen-bond donors (Lipinski definition) is 3. The van der Waals surface area contributed by atoms with E-state index >= 15 is 8.78 Å². The van der Waals surface area contributed by atoms with E-state index in [9.17, 15) is 33.8 Å². The van der Waals surface area contributed by atoms with Gasteiger partial charge in [0.15, 0.2) is 23.1 Å². The molecule has 2 aromatic heterocycles. The number of carboxylic acids is 1. The first-order chi connectivity index (χ1) is 24.3. The third-order valence-electron chi connectivity index (χ3n) is 9.35. The number of carbonyl (C=O) groups excluding carboxylic acids is 1. The monoisotopic (exact) mass is 730 g/mol. The van der Waals surface area contributed by atoms with Gasteiger partial charge in [0.1, 0.15) is 36.2 Å². The number of anilines is 2. The first kappa shape index (κ1) is 33.1. The number of amides is 1. The molecule has 0 radical (unpaired) electrons. The van der Waals surface area contributed by atoms with Crippen LogP contribution in [0.4, 0.5) is 25.0 Å². The van der Waals surface area contributed by atoms with E-state index in [4.69, 9.17) is 18.7 Å². The number of ether oxygens (including phenoxy) is 3. The van der Waals surface area contributed by atoms with Gasteiger partial charge in [0.25, 0.3) is 0 Å². The fourth-order valence-corrected chi connectivity index (χ4v) is 7.76. The number of nitrogens with zero attached hydrogens (tertiary/aromatic N) is 6. The first-order valence-electron chi connectivity index (χ1n) is 15.8. The summed E-state index contributed by atoms with van der Waals surface area (Å²) in [5.74, 6) is -3.57. The number of phosphoric ester groups is 1. The van der Waals surface area contributed by atoms with Gasteiger partial charge in [-0.15, -0.1) is 5.10 Å². The normalized spacial score (nSPS) is 22.9. The lowest BCUT2D eigenvalue weighted by Crippen LogP contribution is -2.42. The molecule has 1 aliphatic carbocycles. The molecule has 20 heteroatoms. The second-order valence-corrected chi connectivity index (χ2v) is 14.1. The molecular formula is C31H29F2N6O11P. The van der Waals surface area contributed by atoms with Crippen LogP contribution in [0.15, 0.2) is 47.7 Å². The van der Waals surface area contributed by atoms with Gasteiger partial charge in [0.2, 0.25) is 5.43 Å². The van der Waals surface area contributed by atoms with E-state index in [1.165, 1.54) is 39.0 Å². The maximum atomic E-state index is 16.0. The summed E-state index contributed by atoms with van der Waals surface area (Å²) in [6.45, 7) is -0.652. The van der Waals surface area contributed by atoms with Crippen LogP contribution in [0, 0.1) is 11.6 Å². The molecule has 1 amide bonds. The van der Waals surface area contributed by atoms with Crippen LogP contribution in [0.2, 0.25) is 0 Å². The summed E-state index contributed by atoms with van der Waals surface area (Å²) >= 11 is 0. The molecular weight excluding hydrogens is 701 g/mol.